The SMILES string of the molecule is CCOC(=O)NN=Cc1c(CO)cnc(C)c1O. The van der Waals surface area contributed by atoms with Gasteiger partial charge in [0.25, 0.3) is 0 Å². The van der Waals surface area contributed by atoms with E-state index >= 15 is 0 Å². The average molecular weight is 253 g/mol. The summed E-state index contributed by atoms with van der Waals surface area (Å²) in [7, 11) is 0. The minimum absolute atomic E-state index is 0.0871. The van der Waals surface area contributed by atoms with Crippen molar-refractivity contribution in [1.29, 1.82) is 0 Å². The van der Waals surface area contributed by atoms with Gasteiger partial charge >= 0.3 is 6.09 Å². The topological polar surface area (TPSA) is 104 Å². The summed E-state index contributed by atoms with van der Waals surface area (Å²) < 4.78 is 4.60. The summed E-state index contributed by atoms with van der Waals surface area (Å²) in [6.45, 7) is 3.24. The Morgan fingerprint density at radius 3 is 3.00 bits per heavy atom. The molecule has 1 amide bonds. The second kappa shape index (κ2) is 6.55. The molecule has 0 saturated carbocycles. The lowest BCUT2D eigenvalue weighted by Gasteiger charge is -2.06. The first-order valence-electron chi connectivity index (χ1n) is 5.34. The maximum absolute atomic E-state index is 11.0. The van der Waals surface area contributed by atoms with Crippen LogP contribution in [0.1, 0.15) is 23.7 Å². The van der Waals surface area contributed by atoms with Crippen molar-refractivity contribution in [3.8, 4) is 5.75 Å². The summed E-state index contributed by atoms with van der Waals surface area (Å²) in [5.41, 5.74) is 3.25. The first-order chi connectivity index (χ1) is 8.60. The van der Waals surface area contributed by atoms with E-state index < -0.39 is 6.09 Å². The number of aliphatic hydroxyl groups is 1. The Morgan fingerprint density at radius 1 is 1.67 bits per heavy atom. The molecule has 0 radical (unpaired) electrons. The number of ether oxygens (including phenoxy) is 1. The molecule has 18 heavy (non-hydrogen) atoms. The van der Waals surface area contributed by atoms with Crippen LogP contribution < -0.4 is 5.43 Å². The number of pyridine rings is 1. The fourth-order valence-electron chi connectivity index (χ4n) is 1.24. The zero-order chi connectivity index (χ0) is 13.5. The number of nitrogens with one attached hydrogen (secondary N) is 1. The molecule has 0 spiro atoms. The van der Waals surface area contributed by atoms with Crippen molar-refractivity contribution in [3.63, 3.8) is 0 Å². The van der Waals surface area contributed by atoms with Gasteiger partial charge in [0.05, 0.1) is 25.1 Å². The molecule has 1 aromatic heterocycles. The summed E-state index contributed by atoms with van der Waals surface area (Å²) in [6, 6.07) is 0. The molecule has 0 atom stereocenters. The fourth-order valence-corrected chi connectivity index (χ4v) is 1.24. The third-order valence-electron chi connectivity index (χ3n) is 2.15. The molecule has 1 heterocycles. The van der Waals surface area contributed by atoms with Gasteiger partial charge in [-0.2, -0.15) is 5.10 Å². The van der Waals surface area contributed by atoms with Crippen LogP contribution in [0, 0.1) is 6.92 Å². The van der Waals surface area contributed by atoms with Gasteiger partial charge in [-0.05, 0) is 13.8 Å². The van der Waals surface area contributed by atoms with Crippen molar-refractivity contribution < 1.29 is 19.7 Å². The van der Waals surface area contributed by atoms with Gasteiger partial charge in [-0.15, -0.1) is 0 Å². The molecule has 0 aliphatic rings. The standard InChI is InChI=1S/C11H15N3O4/c1-3-18-11(17)14-13-5-9-8(6-15)4-12-7(2)10(9)16/h4-5,15-16H,3,6H2,1-2H3,(H,14,17). The summed E-state index contributed by atoms with van der Waals surface area (Å²) in [5, 5.41) is 22.5. The van der Waals surface area contributed by atoms with Gasteiger partial charge in [0.2, 0.25) is 0 Å². The first-order valence-corrected chi connectivity index (χ1v) is 5.34. The molecule has 98 valence electrons. The number of aromatic nitrogens is 1. The second-order valence-electron chi connectivity index (χ2n) is 3.38. The Morgan fingerprint density at radius 2 is 2.39 bits per heavy atom. The molecule has 3 N–H and O–H groups in total. The van der Waals surface area contributed by atoms with Crippen molar-refractivity contribution in [1.82, 2.24) is 10.4 Å². The monoisotopic (exact) mass is 253 g/mol. The van der Waals surface area contributed by atoms with Crippen molar-refractivity contribution in [2.45, 2.75) is 20.5 Å². The molecule has 7 heteroatoms. The van der Waals surface area contributed by atoms with Crippen LogP contribution >= 0.6 is 0 Å². The summed E-state index contributed by atoms with van der Waals surface area (Å²) in [4.78, 5) is 14.9. The number of hydrazone groups is 1. The maximum atomic E-state index is 11.0. The van der Waals surface area contributed by atoms with Crippen LogP contribution in [0.4, 0.5) is 4.79 Å². The quantitative estimate of drug-likeness (QED) is 0.540. The van der Waals surface area contributed by atoms with Crippen LogP contribution in [0.25, 0.3) is 0 Å². The predicted octanol–water partition coefficient (Wildman–Crippen LogP) is 0.668. The van der Waals surface area contributed by atoms with Gasteiger partial charge in [-0.25, -0.2) is 10.2 Å². The Hall–Kier alpha value is -2.15. The Kier molecular flexibility index (Phi) is 5.06. The normalized spacial score (nSPS) is 10.6. The molecule has 0 aliphatic heterocycles. The van der Waals surface area contributed by atoms with Crippen LogP contribution in [-0.2, 0) is 11.3 Å². The van der Waals surface area contributed by atoms with E-state index in [1.807, 2.05) is 0 Å². The zero-order valence-electron chi connectivity index (χ0n) is 10.2. The highest BCUT2D eigenvalue weighted by Gasteiger charge is 2.09. The number of aliphatic hydroxyl groups excluding tert-OH is 1. The van der Waals surface area contributed by atoms with E-state index in [9.17, 15) is 9.90 Å². The lowest BCUT2D eigenvalue weighted by molar-refractivity contribution is 0.152. The Bertz CT molecular complexity index is 460. The highest BCUT2D eigenvalue weighted by atomic mass is 16.5. The number of aromatic hydroxyl groups is 1. The average Bonchev–Trinajstić information content (AvgIpc) is 2.35. The predicted molar refractivity (Wildman–Crippen MR) is 64.3 cm³/mol. The van der Waals surface area contributed by atoms with Gasteiger partial charge in [0.1, 0.15) is 5.75 Å². The van der Waals surface area contributed by atoms with Gasteiger partial charge in [0, 0.05) is 17.3 Å². The van der Waals surface area contributed by atoms with Crippen molar-refractivity contribution in [2.75, 3.05) is 6.61 Å². The van der Waals surface area contributed by atoms with Crippen LogP contribution in [0.15, 0.2) is 11.3 Å². The van der Waals surface area contributed by atoms with E-state index in [0.29, 0.717) is 16.8 Å². The minimum Gasteiger partial charge on any atom is -0.505 e. The van der Waals surface area contributed by atoms with E-state index in [0.717, 1.165) is 0 Å². The summed E-state index contributed by atoms with van der Waals surface area (Å²) in [6.07, 6.45) is 1.97. The lowest BCUT2D eigenvalue weighted by Crippen LogP contribution is -2.18. The van der Waals surface area contributed by atoms with Crippen LogP contribution in [0.2, 0.25) is 0 Å². The summed E-state index contributed by atoms with van der Waals surface area (Å²) >= 11 is 0. The largest absolute Gasteiger partial charge is 0.505 e. The van der Waals surface area contributed by atoms with E-state index in [-0.39, 0.29) is 19.0 Å². The van der Waals surface area contributed by atoms with Gasteiger partial charge in [0.15, 0.2) is 0 Å². The van der Waals surface area contributed by atoms with Crippen molar-refractivity contribution >= 4 is 12.3 Å². The number of carbonyl (C=O) groups excluding carboxylic acids is 1. The van der Waals surface area contributed by atoms with E-state index in [2.05, 4.69) is 20.2 Å². The number of amides is 1. The van der Waals surface area contributed by atoms with Crippen LogP contribution in [-0.4, -0.2) is 34.1 Å². The highest BCUT2D eigenvalue weighted by molar-refractivity contribution is 5.86. The molecule has 0 fully saturated rings. The molecule has 7 nitrogen and oxygen atoms in total. The number of nitrogens with zero attached hydrogens (tertiary/aromatic N) is 2. The zero-order valence-corrected chi connectivity index (χ0v) is 10.2. The number of hydrogen-bond donors (Lipinski definition) is 3. The minimum atomic E-state index is -0.690. The molecule has 0 bridgehead atoms. The molecule has 0 unspecified atom stereocenters. The van der Waals surface area contributed by atoms with Crippen molar-refractivity contribution in [3.05, 3.63) is 23.0 Å². The highest BCUT2D eigenvalue weighted by Crippen LogP contribution is 2.21. The van der Waals surface area contributed by atoms with Crippen LogP contribution in [0.3, 0.4) is 0 Å². The molecule has 1 aromatic rings. The van der Waals surface area contributed by atoms with Gasteiger partial charge < -0.3 is 14.9 Å². The Balaban J connectivity index is 2.86. The number of rotatable bonds is 4. The first kappa shape index (κ1) is 13.9. The summed E-state index contributed by atoms with van der Waals surface area (Å²) in [5.74, 6) is -0.0871. The maximum Gasteiger partial charge on any atom is 0.427 e. The molecule has 1 rings (SSSR count). The fraction of sp³-hybridized carbons (Fsp3) is 0.364. The molecule has 0 aliphatic carbocycles. The molecular formula is C11H15N3O4. The number of hydrogen-bond acceptors (Lipinski definition) is 6. The smallest absolute Gasteiger partial charge is 0.427 e. The van der Waals surface area contributed by atoms with E-state index in [1.54, 1.807) is 13.8 Å². The molecule has 0 saturated heterocycles. The van der Waals surface area contributed by atoms with E-state index in [4.69, 9.17) is 5.11 Å². The van der Waals surface area contributed by atoms with Gasteiger partial charge in [-0.1, -0.05) is 0 Å². The lowest BCUT2D eigenvalue weighted by atomic mass is 10.1. The number of carbonyl (C=O) groups is 1. The second-order valence-corrected chi connectivity index (χ2v) is 3.38. The third-order valence-corrected chi connectivity index (χ3v) is 2.15. The number of aryl methyl sites for hydroxylation is 1. The van der Waals surface area contributed by atoms with Crippen LogP contribution in [0.5, 0.6) is 5.75 Å². The van der Waals surface area contributed by atoms with E-state index in [1.165, 1.54) is 12.4 Å². The van der Waals surface area contributed by atoms with Crippen molar-refractivity contribution in [2.24, 2.45) is 5.10 Å². The Labute approximate surface area is 104 Å². The van der Waals surface area contributed by atoms with Gasteiger partial charge in [-0.3, -0.25) is 4.98 Å². The molecular weight excluding hydrogens is 238 g/mol. The third kappa shape index (κ3) is 3.42. The molecule has 0 aromatic carbocycles.